The Morgan fingerprint density at radius 3 is 2.86 bits per heavy atom. The molecule has 1 radical (unpaired) electrons. The van der Waals surface area contributed by atoms with E-state index >= 15 is 0 Å². The maximum Gasteiger partial charge on any atom is 0.324 e. The van der Waals surface area contributed by atoms with Crippen LogP contribution in [0.4, 0.5) is 4.79 Å². The molecule has 14 heavy (non-hydrogen) atoms. The van der Waals surface area contributed by atoms with Gasteiger partial charge in [-0.2, -0.15) is 0 Å². The molecule has 71 valence electrons. The molecule has 4 heteroatoms. The summed E-state index contributed by atoms with van der Waals surface area (Å²) in [6.45, 7) is 0.400. The van der Waals surface area contributed by atoms with Crippen molar-refractivity contribution >= 4 is 11.9 Å². The molecule has 4 nitrogen and oxygen atoms in total. The molecule has 1 N–H and O–H groups in total. The average Bonchev–Trinajstić information content (AvgIpc) is 2.51. The van der Waals surface area contributed by atoms with E-state index in [0.717, 1.165) is 5.56 Å². The van der Waals surface area contributed by atoms with E-state index < -0.39 is 0 Å². The Hall–Kier alpha value is -1.84. The van der Waals surface area contributed by atoms with E-state index in [1.165, 1.54) is 4.90 Å². The van der Waals surface area contributed by atoms with E-state index in [1.807, 2.05) is 18.2 Å². The Bertz CT molecular complexity index is 346. The average molecular weight is 189 g/mol. The first-order valence-electron chi connectivity index (χ1n) is 4.31. The number of amides is 3. The molecule has 3 amide bonds. The highest BCUT2D eigenvalue weighted by Crippen LogP contribution is 2.07. The van der Waals surface area contributed by atoms with Gasteiger partial charge in [-0.1, -0.05) is 24.3 Å². The number of hydrogen-bond donors (Lipinski definition) is 1. The van der Waals surface area contributed by atoms with Crippen LogP contribution in [-0.2, 0) is 11.3 Å². The molecule has 0 saturated carbocycles. The molecule has 1 fully saturated rings. The Kier molecular flexibility index (Phi) is 2.18. The Morgan fingerprint density at radius 1 is 1.43 bits per heavy atom. The summed E-state index contributed by atoms with van der Waals surface area (Å²) < 4.78 is 0. The summed E-state index contributed by atoms with van der Waals surface area (Å²) in [6.07, 6.45) is 0. The van der Waals surface area contributed by atoms with E-state index in [0.29, 0.717) is 6.54 Å². The van der Waals surface area contributed by atoms with Gasteiger partial charge in [-0.05, 0) is 11.6 Å². The largest absolute Gasteiger partial charge is 0.329 e. The summed E-state index contributed by atoms with van der Waals surface area (Å²) in [5.74, 6) is -0.188. The van der Waals surface area contributed by atoms with Gasteiger partial charge in [-0.3, -0.25) is 9.69 Å². The van der Waals surface area contributed by atoms with Gasteiger partial charge in [0.1, 0.15) is 0 Å². The predicted molar refractivity (Wildman–Crippen MR) is 49.2 cm³/mol. The monoisotopic (exact) mass is 189 g/mol. The van der Waals surface area contributed by atoms with Crippen LogP contribution in [0.1, 0.15) is 5.56 Å². The fourth-order valence-electron chi connectivity index (χ4n) is 1.31. The summed E-state index contributed by atoms with van der Waals surface area (Å²) >= 11 is 0. The second kappa shape index (κ2) is 3.49. The Balaban J connectivity index is 2.11. The fourth-order valence-corrected chi connectivity index (χ4v) is 1.31. The molecule has 0 unspecified atom stereocenters. The maximum absolute atomic E-state index is 11.2. The summed E-state index contributed by atoms with van der Waals surface area (Å²) in [4.78, 5) is 23.6. The lowest BCUT2D eigenvalue weighted by Crippen LogP contribution is -2.30. The molecule has 1 aliphatic heterocycles. The van der Waals surface area contributed by atoms with Crippen molar-refractivity contribution in [2.75, 3.05) is 6.54 Å². The minimum absolute atomic E-state index is 0.103. The number of benzene rings is 1. The first kappa shape index (κ1) is 8.74. The smallest absolute Gasteiger partial charge is 0.324 e. The molecule has 1 saturated heterocycles. The van der Waals surface area contributed by atoms with Gasteiger partial charge in [0, 0.05) is 0 Å². The maximum atomic E-state index is 11.2. The fraction of sp³-hybridized carbons (Fsp3) is 0.200. The van der Waals surface area contributed by atoms with Gasteiger partial charge in [0.25, 0.3) is 0 Å². The zero-order valence-corrected chi connectivity index (χ0v) is 7.49. The second-order valence-electron chi connectivity index (χ2n) is 3.03. The molecular formula is C10H9N2O2. The lowest BCUT2D eigenvalue weighted by atomic mass is 10.2. The highest BCUT2D eigenvalue weighted by Gasteiger charge is 2.27. The van der Waals surface area contributed by atoms with Gasteiger partial charge in [-0.25, -0.2) is 4.79 Å². The van der Waals surface area contributed by atoms with Gasteiger partial charge < -0.3 is 5.32 Å². The molecule has 1 aromatic carbocycles. The molecule has 0 aromatic heterocycles. The van der Waals surface area contributed by atoms with Crippen LogP contribution in [0.15, 0.2) is 24.3 Å². The van der Waals surface area contributed by atoms with E-state index in [-0.39, 0.29) is 18.5 Å². The topological polar surface area (TPSA) is 49.4 Å². The van der Waals surface area contributed by atoms with E-state index in [4.69, 9.17) is 0 Å². The highest BCUT2D eigenvalue weighted by molar-refractivity contribution is 6.01. The summed E-state index contributed by atoms with van der Waals surface area (Å²) in [5, 5.41) is 2.46. The normalized spacial score (nSPS) is 15.9. The van der Waals surface area contributed by atoms with Crippen LogP contribution in [0, 0.1) is 6.07 Å². The molecule has 1 heterocycles. The zero-order chi connectivity index (χ0) is 9.97. The van der Waals surface area contributed by atoms with E-state index in [9.17, 15) is 9.59 Å². The number of imide groups is 1. The minimum Gasteiger partial charge on any atom is -0.329 e. The summed E-state index contributed by atoms with van der Waals surface area (Å²) in [7, 11) is 0. The van der Waals surface area contributed by atoms with Crippen LogP contribution in [0.25, 0.3) is 0 Å². The summed E-state index contributed by atoms with van der Waals surface area (Å²) in [5.41, 5.74) is 0.831. The van der Waals surface area contributed by atoms with Gasteiger partial charge in [0.15, 0.2) is 0 Å². The summed E-state index contributed by atoms with van der Waals surface area (Å²) in [6, 6.07) is 9.92. The Morgan fingerprint density at radius 2 is 2.29 bits per heavy atom. The van der Waals surface area contributed by atoms with Gasteiger partial charge in [0.05, 0.1) is 13.1 Å². The van der Waals surface area contributed by atoms with Crippen LogP contribution in [0.2, 0.25) is 0 Å². The van der Waals surface area contributed by atoms with Crippen molar-refractivity contribution in [3.63, 3.8) is 0 Å². The quantitative estimate of drug-likeness (QED) is 0.690. The molecule has 1 aromatic rings. The van der Waals surface area contributed by atoms with E-state index in [2.05, 4.69) is 11.4 Å². The standard InChI is InChI=1S/C10H9N2O2/c13-9-6-11-10(14)12(9)7-8-4-2-1-3-5-8/h1-4H,6-7H2,(H,11,14). The van der Waals surface area contributed by atoms with Gasteiger partial charge in [0.2, 0.25) is 5.91 Å². The highest BCUT2D eigenvalue weighted by atomic mass is 16.2. The van der Waals surface area contributed by atoms with Crippen molar-refractivity contribution in [2.45, 2.75) is 6.54 Å². The van der Waals surface area contributed by atoms with Crippen LogP contribution < -0.4 is 5.32 Å². The third kappa shape index (κ3) is 1.59. The van der Waals surface area contributed by atoms with Crippen molar-refractivity contribution in [1.82, 2.24) is 10.2 Å². The number of nitrogens with zero attached hydrogens (tertiary/aromatic N) is 1. The zero-order valence-electron chi connectivity index (χ0n) is 7.49. The van der Waals surface area contributed by atoms with Crippen molar-refractivity contribution in [2.24, 2.45) is 0 Å². The van der Waals surface area contributed by atoms with Crippen LogP contribution in [0.5, 0.6) is 0 Å². The number of urea groups is 1. The number of carbonyl (C=O) groups excluding carboxylic acids is 2. The van der Waals surface area contributed by atoms with Crippen molar-refractivity contribution in [3.05, 3.63) is 35.9 Å². The second-order valence-corrected chi connectivity index (χ2v) is 3.03. The third-order valence-corrected chi connectivity index (χ3v) is 2.04. The van der Waals surface area contributed by atoms with Crippen molar-refractivity contribution in [1.29, 1.82) is 0 Å². The molecule has 2 rings (SSSR count). The van der Waals surface area contributed by atoms with Crippen LogP contribution in [-0.4, -0.2) is 23.4 Å². The van der Waals surface area contributed by atoms with E-state index in [1.54, 1.807) is 6.07 Å². The first-order valence-corrected chi connectivity index (χ1v) is 4.31. The lowest BCUT2D eigenvalue weighted by molar-refractivity contribution is -0.125. The molecule has 0 atom stereocenters. The number of carbonyl (C=O) groups is 2. The lowest BCUT2D eigenvalue weighted by Gasteiger charge is -2.11. The van der Waals surface area contributed by atoms with Crippen molar-refractivity contribution in [3.8, 4) is 0 Å². The third-order valence-electron chi connectivity index (χ3n) is 2.04. The van der Waals surface area contributed by atoms with Crippen LogP contribution in [0.3, 0.4) is 0 Å². The molecular weight excluding hydrogens is 180 g/mol. The Labute approximate surface area is 81.5 Å². The molecule has 0 bridgehead atoms. The van der Waals surface area contributed by atoms with Gasteiger partial charge in [-0.15, -0.1) is 0 Å². The SMILES string of the molecule is O=C1CNC(=O)N1Cc1[c]cccc1. The number of nitrogens with one attached hydrogen (secondary N) is 1. The van der Waals surface area contributed by atoms with Crippen LogP contribution >= 0.6 is 0 Å². The van der Waals surface area contributed by atoms with Gasteiger partial charge >= 0.3 is 6.03 Å². The molecule has 0 spiro atoms. The number of rotatable bonds is 2. The minimum atomic E-state index is -0.327. The van der Waals surface area contributed by atoms with Crippen molar-refractivity contribution < 1.29 is 9.59 Å². The predicted octanol–water partition coefficient (Wildman–Crippen LogP) is 0.539. The molecule has 1 aliphatic rings. The molecule has 0 aliphatic carbocycles. The number of hydrogen-bond acceptors (Lipinski definition) is 2. The first-order chi connectivity index (χ1) is 6.77.